The second-order valence-electron chi connectivity index (χ2n) is 1.07. The first-order valence-corrected chi connectivity index (χ1v) is 3.32. The summed E-state index contributed by atoms with van der Waals surface area (Å²) in [4.78, 5) is 0. The van der Waals surface area contributed by atoms with Gasteiger partial charge in [-0.3, -0.25) is 4.55 Å². The fourth-order valence-corrected chi connectivity index (χ4v) is 0.447. The van der Waals surface area contributed by atoms with Gasteiger partial charge in [0, 0.05) is 6.54 Å². The second-order valence-corrected chi connectivity index (χ2v) is 2.65. The van der Waals surface area contributed by atoms with Gasteiger partial charge in [-0.25, -0.2) is 0 Å². The molecule has 0 unspecified atom stereocenters. The van der Waals surface area contributed by atoms with E-state index in [1.165, 1.54) is 0 Å². The monoisotopic (exact) mass is 167 g/mol. The molecule has 0 aromatic rings. The SMILES string of the molecule is NCCS(=O)(=O)O.[CaH2]. The summed E-state index contributed by atoms with van der Waals surface area (Å²) < 4.78 is 27.3. The van der Waals surface area contributed by atoms with Crippen LogP contribution in [0.3, 0.4) is 0 Å². The van der Waals surface area contributed by atoms with Crippen molar-refractivity contribution in [2.45, 2.75) is 0 Å². The van der Waals surface area contributed by atoms with Crippen LogP contribution in [0.4, 0.5) is 0 Å². The average Bonchev–Trinajstić information content (AvgIpc) is 1.30. The molecule has 3 N–H and O–H groups in total. The Kier molecular flexibility index (Phi) is 7.36. The third-order valence-corrected chi connectivity index (χ3v) is 1.13. The summed E-state index contributed by atoms with van der Waals surface area (Å²) in [6.07, 6.45) is 0. The Balaban J connectivity index is 0. The maximum absolute atomic E-state index is 9.71. The van der Waals surface area contributed by atoms with Crippen molar-refractivity contribution in [3.63, 3.8) is 0 Å². The summed E-state index contributed by atoms with van der Waals surface area (Å²) in [5.41, 5.74) is 4.78. The minimum absolute atomic E-state index is 0. The molecule has 0 bridgehead atoms. The normalized spacial score (nSPS) is 10.2. The van der Waals surface area contributed by atoms with Crippen LogP contribution in [0.2, 0.25) is 0 Å². The average molecular weight is 167 g/mol. The van der Waals surface area contributed by atoms with Crippen LogP contribution in [0, 0.1) is 0 Å². The fourth-order valence-electron chi connectivity index (χ4n) is 0.149. The van der Waals surface area contributed by atoms with Gasteiger partial charge < -0.3 is 5.73 Å². The van der Waals surface area contributed by atoms with E-state index < -0.39 is 10.1 Å². The van der Waals surface area contributed by atoms with E-state index >= 15 is 0 Å². The molecule has 8 heavy (non-hydrogen) atoms. The van der Waals surface area contributed by atoms with Crippen molar-refractivity contribution < 1.29 is 13.0 Å². The van der Waals surface area contributed by atoms with Crippen LogP contribution in [0.5, 0.6) is 0 Å². The van der Waals surface area contributed by atoms with E-state index in [-0.39, 0.29) is 50.0 Å². The van der Waals surface area contributed by atoms with Crippen molar-refractivity contribution in [3.8, 4) is 0 Å². The number of nitrogens with two attached hydrogens (primary N) is 1. The van der Waals surface area contributed by atoms with Gasteiger partial charge in [0.15, 0.2) is 0 Å². The van der Waals surface area contributed by atoms with Gasteiger partial charge in [-0.05, 0) is 0 Å². The molecule has 0 aromatic carbocycles. The Morgan fingerprint density at radius 3 is 1.88 bits per heavy atom. The van der Waals surface area contributed by atoms with Crippen molar-refractivity contribution >= 4 is 47.9 Å². The van der Waals surface area contributed by atoms with E-state index in [9.17, 15) is 8.42 Å². The molecule has 6 heteroatoms. The van der Waals surface area contributed by atoms with Crippen LogP contribution in [0.25, 0.3) is 0 Å². The fraction of sp³-hybridized carbons (Fsp3) is 1.00. The van der Waals surface area contributed by atoms with E-state index in [1.807, 2.05) is 0 Å². The van der Waals surface area contributed by atoms with Gasteiger partial charge in [-0.15, -0.1) is 0 Å². The molecule has 0 aromatic heterocycles. The molecule has 0 heterocycles. The summed E-state index contributed by atoms with van der Waals surface area (Å²) in [5.74, 6) is -0.354. The molecule has 0 rings (SSSR count). The first-order valence-electron chi connectivity index (χ1n) is 1.71. The Labute approximate surface area is 78.2 Å². The summed E-state index contributed by atoms with van der Waals surface area (Å²) in [7, 11) is -3.80. The van der Waals surface area contributed by atoms with E-state index in [1.54, 1.807) is 0 Å². The van der Waals surface area contributed by atoms with Gasteiger partial charge in [-0.2, -0.15) is 8.42 Å². The molecule has 0 fully saturated rings. The van der Waals surface area contributed by atoms with Crippen LogP contribution < -0.4 is 5.73 Å². The molecule has 0 saturated carbocycles. The number of hydrogen-bond donors (Lipinski definition) is 2. The van der Waals surface area contributed by atoms with Crippen molar-refractivity contribution in [2.24, 2.45) is 5.73 Å². The molecule has 0 aliphatic heterocycles. The Hall–Kier alpha value is 1.13. The Bertz CT molecular complexity index is 130. The predicted octanol–water partition coefficient (Wildman–Crippen LogP) is -2.08. The molecule has 4 nitrogen and oxygen atoms in total. The molecule has 0 aliphatic rings. The quantitative estimate of drug-likeness (QED) is 0.365. The van der Waals surface area contributed by atoms with E-state index in [2.05, 4.69) is 0 Å². The van der Waals surface area contributed by atoms with Crippen molar-refractivity contribution in [2.75, 3.05) is 12.3 Å². The molecular formula is C2H9CaNO3S. The first kappa shape index (κ1) is 11.9. The van der Waals surface area contributed by atoms with Crippen LogP contribution in [-0.4, -0.2) is 63.0 Å². The van der Waals surface area contributed by atoms with Gasteiger partial charge in [0.1, 0.15) is 0 Å². The molecule has 48 valence electrons. The van der Waals surface area contributed by atoms with Gasteiger partial charge in [0.2, 0.25) is 0 Å². The number of rotatable bonds is 2. The molecule has 0 saturated heterocycles. The molecule has 0 aliphatic carbocycles. The second kappa shape index (κ2) is 4.96. The standard InChI is InChI=1S/C2H7NO3S.Ca.2H/c3-1-2-7(4,5)6;;;/h1-3H2,(H,4,5,6);;;. The van der Waals surface area contributed by atoms with E-state index in [0.717, 1.165) is 0 Å². The third kappa shape index (κ3) is 10.2. The summed E-state index contributed by atoms with van der Waals surface area (Å²) in [6, 6.07) is 0. The zero-order chi connectivity index (χ0) is 5.91. The molecule has 0 amide bonds. The first-order chi connectivity index (χ1) is 3.06. The van der Waals surface area contributed by atoms with Crippen molar-refractivity contribution in [1.82, 2.24) is 0 Å². The number of hydrogen-bond acceptors (Lipinski definition) is 3. The van der Waals surface area contributed by atoms with Crippen LogP contribution >= 0.6 is 0 Å². The minimum atomic E-state index is -3.80. The van der Waals surface area contributed by atoms with Crippen LogP contribution in [0.1, 0.15) is 0 Å². The van der Waals surface area contributed by atoms with E-state index in [4.69, 9.17) is 10.3 Å². The third-order valence-electron chi connectivity index (χ3n) is 0.376. The predicted molar refractivity (Wildman–Crippen MR) is 34.0 cm³/mol. The van der Waals surface area contributed by atoms with Gasteiger partial charge >= 0.3 is 37.7 Å². The topological polar surface area (TPSA) is 80.4 Å². The zero-order valence-corrected chi connectivity index (χ0v) is 4.48. The summed E-state index contributed by atoms with van der Waals surface area (Å²) in [6.45, 7) is -0.0289. The van der Waals surface area contributed by atoms with Gasteiger partial charge in [0.05, 0.1) is 5.75 Å². The van der Waals surface area contributed by atoms with Crippen molar-refractivity contribution in [3.05, 3.63) is 0 Å². The Morgan fingerprint density at radius 1 is 1.50 bits per heavy atom. The molecule has 0 spiro atoms. The van der Waals surface area contributed by atoms with Crippen LogP contribution in [-0.2, 0) is 10.1 Å². The van der Waals surface area contributed by atoms with Gasteiger partial charge in [0.25, 0.3) is 10.1 Å². The summed E-state index contributed by atoms with van der Waals surface area (Å²) in [5, 5.41) is 0. The van der Waals surface area contributed by atoms with E-state index in [0.29, 0.717) is 0 Å². The maximum atomic E-state index is 9.71. The summed E-state index contributed by atoms with van der Waals surface area (Å²) >= 11 is 0. The molecule has 0 radical (unpaired) electrons. The molecular weight excluding hydrogens is 158 g/mol. The molecule has 0 atom stereocenters. The Morgan fingerprint density at radius 2 is 1.88 bits per heavy atom. The van der Waals surface area contributed by atoms with Gasteiger partial charge in [-0.1, -0.05) is 0 Å². The van der Waals surface area contributed by atoms with Crippen LogP contribution in [0.15, 0.2) is 0 Å². The van der Waals surface area contributed by atoms with Crippen molar-refractivity contribution in [1.29, 1.82) is 0 Å². The zero-order valence-electron chi connectivity index (χ0n) is 3.66.